The van der Waals surface area contributed by atoms with E-state index in [1.54, 1.807) is 0 Å². The first-order chi connectivity index (χ1) is 8.11. The Morgan fingerprint density at radius 3 is 2.53 bits per heavy atom. The Morgan fingerprint density at radius 2 is 2.06 bits per heavy atom. The van der Waals surface area contributed by atoms with Crippen molar-refractivity contribution in [2.45, 2.75) is 0 Å². The van der Waals surface area contributed by atoms with Gasteiger partial charge in [-0.15, -0.1) is 0 Å². The van der Waals surface area contributed by atoms with Crippen LogP contribution in [-0.4, -0.2) is 22.1 Å². The van der Waals surface area contributed by atoms with Gasteiger partial charge in [-0.05, 0) is 35.9 Å². The highest BCUT2D eigenvalue weighted by Crippen LogP contribution is 2.21. The Hall–Kier alpha value is -1.88. The molecule has 0 amide bonds. The monoisotopic (exact) mass is 254 g/mol. The van der Waals surface area contributed by atoms with Gasteiger partial charge >= 0.3 is 0 Å². The van der Waals surface area contributed by atoms with E-state index in [-0.39, 0.29) is 17.3 Å². The highest BCUT2D eigenvalue weighted by molar-refractivity contribution is 6.67. The zero-order valence-electron chi connectivity index (χ0n) is 8.85. The highest BCUT2D eigenvalue weighted by Gasteiger charge is 2.16. The molecule has 88 valence electrons. The number of hydrogen-bond acceptors (Lipinski definition) is 3. The molecule has 1 heterocycles. The van der Waals surface area contributed by atoms with Crippen molar-refractivity contribution in [1.82, 2.24) is 9.78 Å². The predicted molar refractivity (Wildman–Crippen MR) is 60.3 cm³/mol. The number of aromatic nitrogens is 2. The molecule has 0 bridgehead atoms. The summed E-state index contributed by atoms with van der Waals surface area (Å²) in [7, 11) is 1.41. The van der Waals surface area contributed by atoms with Crippen molar-refractivity contribution >= 4 is 16.8 Å². The summed E-state index contributed by atoms with van der Waals surface area (Å²) in [4.78, 5) is 11.1. The largest absolute Gasteiger partial charge is 0.493 e. The maximum Gasteiger partial charge on any atom is 0.276 e. The van der Waals surface area contributed by atoms with Gasteiger partial charge in [-0.3, -0.25) is 4.79 Å². The van der Waals surface area contributed by atoms with Crippen molar-refractivity contribution in [3.63, 3.8) is 0 Å². The zero-order chi connectivity index (χ0) is 12.4. The number of benzene rings is 1. The third kappa shape index (κ3) is 2.29. The number of carbonyl (C=O) groups excluding carboxylic acids is 1. The topological polar surface area (TPSA) is 44.1 Å². The summed E-state index contributed by atoms with van der Waals surface area (Å²) in [6.45, 7) is 0. The normalized spacial score (nSPS) is 10.3. The van der Waals surface area contributed by atoms with Crippen LogP contribution in [0.15, 0.2) is 30.5 Å². The van der Waals surface area contributed by atoms with Crippen LogP contribution in [0.1, 0.15) is 10.5 Å². The lowest BCUT2D eigenvalue weighted by Crippen LogP contribution is -1.98. The average molecular weight is 255 g/mol. The molecule has 2 rings (SSSR count). The number of ether oxygens (including phenoxy) is 1. The molecule has 0 aliphatic carbocycles. The first-order valence-corrected chi connectivity index (χ1v) is 5.09. The number of nitrogens with zero attached hydrogens (tertiary/aromatic N) is 2. The zero-order valence-corrected chi connectivity index (χ0v) is 9.61. The number of halogens is 2. The fraction of sp³-hybridized carbons (Fsp3) is 0.0909. The van der Waals surface area contributed by atoms with E-state index in [9.17, 15) is 9.18 Å². The second kappa shape index (κ2) is 4.55. The van der Waals surface area contributed by atoms with E-state index in [2.05, 4.69) is 5.10 Å². The number of carbonyl (C=O) groups is 1. The highest BCUT2D eigenvalue weighted by atomic mass is 35.5. The van der Waals surface area contributed by atoms with Crippen molar-refractivity contribution in [2.24, 2.45) is 0 Å². The van der Waals surface area contributed by atoms with Crippen LogP contribution in [0, 0.1) is 5.82 Å². The second-order valence-electron chi connectivity index (χ2n) is 3.24. The van der Waals surface area contributed by atoms with E-state index < -0.39 is 5.24 Å². The minimum atomic E-state index is -0.706. The van der Waals surface area contributed by atoms with E-state index in [0.29, 0.717) is 5.69 Å². The molecule has 0 aliphatic rings. The molecule has 0 saturated heterocycles. The van der Waals surface area contributed by atoms with Gasteiger partial charge in [0.2, 0.25) is 0 Å². The van der Waals surface area contributed by atoms with E-state index in [0.717, 1.165) is 0 Å². The molecule has 1 aromatic carbocycles. The standard InChI is InChI=1S/C11H8ClFN2O2/c1-17-9-6-15(14-10(9)11(12)16)8-4-2-7(13)3-5-8/h2-6H,1H3. The summed E-state index contributed by atoms with van der Waals surface area (Å²) in [5, 5.41) is 3.26. The van der Waals surface area contributed by atoms with Gasteiger partial charge in [-0.1, -0.05) is 0 Å². The Balaban J connectivity index is 2.46. The Labute approximate surface area is 102 Å². The van der Waals surface area contributed by atoms with Gasteiger partial charge in [-0.2, -0.15) is 5.10 Å². The first kappa shape index (κ1) is 11.6. The number of methoxy groups -OCH3 is 1. The minimum Gasteiger partial charge on any atom is -0.493 e. The third-order valence-electron chi connectivity index (χ3n) is 2.18. The molecule has 6 heteroatoms. The van der Waals surface area contributed by atoms with Crippen molar-refractivity contribution in [2.75, 3.05) is 7.11 Å². The molecule has 0 N–H and O–H groups in total. The number of hydrogen-bond donors (Lipinski definition) is 0. The molecule has 0 atom stereocenters. The quantitative estimate of drug-likeness (QED) is 0.790. The van der Waals surface area contributed by atoms with Gasteiger partial charge in [-0.25, -0.2) is 9.07 Å². The lowest BCUT2D eigenvalue weighted by atomic mass is 10.3. The molecule has 0 unspecified atom stereocenters. The van der Waals surface area contributed by atoms with Crippen molar-refractivity contribution in [1.29, 1.82) is 0 Å². The lowest BCUT2D eigenvalue weighted by molar-refractivity contribution is 0.107. The summed E-state index contributed by atoms with van der Waals surface area (Å²) >= 11 is 5.36. The number of rotatable bonds is 3. The molecule has 0 fully saturated rings. The molecule has 0 spiro atoms. The van der Waals surface area contributed by atoms with Crippen LogP contribution in [0.3, 0.4) is 0 Å². The maximum atomic E-state index is 12.8. The van der Waals surface area contributed by atoms with Gasteiger partial charge in [0.05, 0.1) is 19.0 Å². The Kier molecular flexibility index (Phi) is 3.10. The van der Waals surface area contributed by atoms with E-state index in [1.165, 1.54) is 42.3 Å². The van der Waals surface area contributed by atoms with Gasteiger partial charge < -0.3 is 4.74 Å². The predicted octanol–water partition coefficient (Wildman–Crippen LogP) is 2.40. The average Bonchev–Trinajstić information content (AvgIpc) is 2.74. The molecule has 0 saturated carbocycles. The van der Waals surface area contributed by atoms with Gasteiger partial charge in [0.1, 0.15) is 5.82 Å². The summed E-state index contributed by atoms with van der Waals surface area (Å²) in [5.74, 6) is -0.0733. The smallest absolute Gasteiger partial charge is 0.276 e. The minimum absolute atomic E-state index is 0.0264. The van der Waals surface area contributed by atoms with Crippen LogP contribution in [0.25, 0.3) is 5.69 Å². The van der Waals surface area contributed by atoms with Gasteiger partial charge in [0.15, 0.2) is 11.4 Å². The molecule has 1 aromatic heterocycles. The molecule has 17 heavy (non-hydrogen) atoms. The van der Waals surface area contributed by atoms with Crippen LogP contribution in [0.5, 0.6) is 5.75 Å². The summed E-state index contributed by atoms with van der Waals surface area (Å²) in [6, 6.07) is 5.66. The van der Waals surface area contributed by atoms with E-state index in [1.807, 2.05) is 0 Å². The van der Waals surface area contributed by atoms with Gasteiger partial charge in [0.25, 0.3) is 5.24 Å². The molecule has 4 nitrogen and oxygen atoms in total. The summed E-state index contributed by atoms with van der Waals surface area (Å²) in [6.07, 6.45) is 1.50. The molecule has 0 radical (unpaired) electrons. The molecule has 2 aromatic rings. The summed E-state index contributed by atoms with van der Waals surface area (Å²) < 4.78 is 19.1. The Morgan fingerprint density at radius 1 is 1.41 bits per heavy atom. The SMILES string of the molecule is COc1cn(-c2ccc(F)cc2)nc1C(=O)Cl. The van der Waals surface area contributed by atoms with Crippen molar-refractivity contribution < 1.29 is 13.9 Å². The molecular weight excluding hydrogens is 247 g/mol. The van der Waals surface area contributed by atoms with Crippen LogP contribution in [0.2, 0.25) is 0 Å². The van der Waals surface area contributed by atoms with Crippen LogP contribution in [0.4, 0.5) is 4.39 Å². The van der Waals surface area contributed by atoms with Crippen molar-refractivity contribution in [3.05, 3.63) is 42.0 Å². The lowest BCUT2D eigenvalue weighted by Gasteiger charge is -1.99. The molecular formula is C11H8ClFN2O2. The van der Waals surface area contributed by atoms with E-state index >= 15 is 0 Å². The van der Waals surface area contributed by atoms with Crippen LogP contribution >= 0.6 is 11.6 Å². The van der Waals surface area contributed by atoms with E-state index in [4.69, 9.17) is 16.3 Å². The summed E-state index contributed by atoms with van der Waals surface area (Å²) in [5.41, 5.74) is 0.632. The maximum absolute atomic E-state index is 12.8. The molecule has 0 aliphatic heterocycles. The fourth-order valence-electron chi connectivity index (χ4n) is 1.37. The van der Waals surface area contributed by atoms with Crippen molar-refractivity contribution in [3.8, 4) is 11.4 Å². The first-order valence-electron chi connectivity index (χ1n) is 4.71. The van der Waals surface area contributed by atoms with Gasteiger partial charge in [0, 0.05) is 0 Å². The van der Waals surface area contributed by atoms with Crippen LogP contribution in [-0.2, 0) is 0 Å². The Bertz CT molecular complexity index is 551. The second-order valence-corrected chi connectivity index (χ2v) is 3.58. The van der Waals surface area contributed by atoms with Crippen LogP contribution < -0.4 is 4.74 Å². The fourth-order valence-corrected chi connectivity index (χ4v) is 1.50. The third-order valence-corrected chi connectivity index (χ3v) is 2.36.